The Bertz CT molecular complexity index is 338. The van der Waals surface area contributed by atoms with Gasteiger partial charge in [0.1, 0.15) is 5.76 Å². The van der Waals surface area contributed by atoms with Crippen molar-refractivity contribution in [2.24, 2.45) is 5.73 Å². The van der Waals surface area contributed by atoms with Crippen LogP contribution in [0.15, 0.2) is 16.5 Å². The van der Waals surface area contributed by atoms with Crippen LogP contribution in [0.5, 0.6) is 0 Å². The summed E-state index contributed by atoms with van der Waals surface area (Å²) < 4.78 is 15.2. The smallest absolute Gasteiger partial charge is 0.287 e. The first-order valence-corrected chi connectivity index (χ1v) is 5.41. The van der Waals surface area contributed by atoms with Gasteiger partial charge >= 0.3 is 0 Å². The Morgan fingerprint density at radius 3 is 2.88 bits per heavy atom. The Kier molecular flexibility index (Phi) is 6.31. The van der Waals surface area contributed by atoms with Crippen molar-refractivity contribution < 1.29 is 18.7 Å². The third-order valence-corrected chi connectivity index (χ3v) is 2.05. The molecule has 96 valence electrons. The largest absolute Gasteiger partial charge is 0.455 e. The highest BCUT2D eigenvalue weighted by Gasteiger charge is 2.09. The van der Waals surface area contributed by atoms with Gasteiger partial charge in [-0.05, 0) is 12.1 Å². The van der Waals surface area contributed by atoms with E-state index >= 15 is 0 Å². The lowest BCUT2D eigenvalue weighted by molar-refractivity contribution is 0.0687. The van der Waals surface area contributed by atoms with Crippen LogP contribution in [0, 0.1) is 0 Å². The molecule has 0 unspecified atom stereocenters. The number of hydrogen-bond acceptors (Lipinski definition) is 5. The Morgan fingerprint density at radius 1 is 1.41 bits per heavy atom. The van der Waals surface area contributed by atoms with Crippen molar-refractivity contribution in [2.45, 2.75) is 6.54 Å². The number of hydrogen-bond donors (Lipinski definition) is 2. The lowest BCUT2D eigenvalue weighted by Gasteiger charge is -2.04. The number of ether oxygens (including phenoxy) is 2. The molecule has 0 radical (unpaired) electrons. The van der Waals surface area contributed by atoms with Crippen molar-refractivity contribution in [3.05, 3.63) is 23.7 Å². The molecule has 1 heterocycles. The Balaban J connectivity index is 2.16. The van der Waals surface area contributed by atoms with Crippen molar-refractivity contribution in [2.75, 3.05) is 33.5 Å². The molecule has 0 aliphatic carbocycles. The number of rotatable bonds is 8. The van der Waals surface area contributed by atoms with Gasteiger partial charge < -0.3 is 24.9 Å². The second-order valence-corrected chi connectivity index (χ2v) is 3.33. The van der Waals surface area contributed by atoms with Gasteiger partial charge in [-0.2, -0.15) is 0 Å². The van der Waals surface area contributed by atoms with E-state index in [1.165, 1.54) is 0 Å². The molecule has 1 rings (SSSR count). The fourth-order valence-corrected chi connectivity index (χ4v) is 1.18. The van der Waals surface area contributed by atoms with Gasteiger partial charge in [0.05, 0.1) is 26.4 Å². The monoisotopic (exact) mass is 242 g/mol. The van der Waals surface area contributed by atoms with E-state index in [0.29, 0.717) is 32.1 Å². The topological polar surface area (TPSA) is 86.7 Å². The van der Waals surface area contributed by atoms with E-state index in [-0.39, 0.29) is 18.2 Å². The van der Waals surface area contributed by atoms with Gasteiger partial charge in [-0.15, -0.1) is 0 Å². The van der Waals surface area contributed by atoms with Crippen molar-refractivity contribution in [3.8, 4) is 0 Å². The maximum atomic E-state index is 11.5. The van der Waals surface area contributed by atoms with Crippen LogP contribution >= 0.6 is 0 Å². The highest BCUT2D eigenvalue weighted by atomic mass is 16.5. The third-order valence-electron chi connectivity index (χ3n) is 2.05. The van der Waals surface area contributed by atoms with Crippen LogP contribution < -0.4 is 11.1 Å². The average molecular weight is 242 g/mol. The predicted octanol–water partition coefficient (Wildman–Crippen LogP) is 0.131. The molecule has 3 N–H and O–H groups in total. The molecule has 17 heavy (non-hydrogen) atoms. The van der Waals surface area contributed by atoms with Gasteiger partial charge in [-0.3, -0.25) is 4.79 Å². The van der Waals surface area contributed by atoms with Crippen molar-refractivity contribution in [1.82, 2.24) is 5.32 Å². The molecular formula is C11H18N2O4. The molecule has 0 bridgehead atoms. The minimum atomic E-state index is -0.264. The molecule has 0 spiro atoms. The minimum Gasteiger partial charge on any atom is -0.455 e. The number of methoxy groups -OCH3 is 1. The van der Waals surface area contributed by atoms with Crippen LogP contribution in [0.2, 0.25) is 0 Å². The number of amides is 1. The van der Waals surface area contributed by atoms with Crippen LogP contribution in [0.3, 0.4) is 0 Å². The highest BCUT2D eigenvalue weighted by Crippen LogP contribution is 2.06. The Labute approximate surface area is 100 Å². The number of nitrogens with one attached hydrogen (secondary N) is 1. The van der Waals surface area contributed by atoms with Gasteiger partial charge in [-0.25, -0.2) is 0 Å². The average Bonchev–Trinajstić information content (AvgIpc) is 2.82. The molecule has 0 saturated carbocycles. The van der Waals surface area contributed by atoms with Gasteiger partial charge in [0.25, 0.3) is 5.91 Å². The number of furan rings is 1. The summed E-state index contributed by atoms with van der Waals surface area (Å²) in [4.78, 5) is 11.5. The summed E-state index contributed by atoms with van der Waals surface area (Å²) in [6, 6.07) is 3.29. The SMILES string of the molecule is COCCOCCNC(=O)c1ccc(CN)o1. The molecule has 0 fully saturated rings. The van der Waals surface area contributed by atoms with Crippen molar-refractivity contribution >= 4 is 5.91 Å². The van der Waals surface area contributed by atoms with E-state index in [9.17, 15) is 4.79 Å². The van der Waals surface area contributed by atoms with Crippen molar-refractivity contribution in [3.63, 3.8) is 0 Å². The first kappa shape index (κ1) is 13.7. The van der Waals surface area contributed by atoms with Crippen LogP contribution in [0.1, 0.15) is 16.3 Å². The summed E-state index contributed by atoms with van der Waals surface area (Å²) in [6.07, 6.45) is 0. The summed E-state index contributed by atoms with van der Waals surface area (Å²) in [6.45, 7) is 2.23. The Hall–Kier alpha value is -1.37. The van der Waals surface area contributed by atoms with Gasteiger partial charge in [0.15, 0.2) is 5.76 Å². The Morgan fingerprint density at radius 2 is 2.24 bits per heavy atom. The maximum Gasteiger partial charge on any atom is 0.287 e. The van der Waals surface area contributed by atoms with E-state index in [1.807, 2.05) is 0 Å². The summed E-state index contributed by atoms with van der Waals surface area (Å²) in [5, 5.41) is 2.67. The molecule has 1 amide bonds. The molecule has 0 aliphatic heterocycles. The molecule has 1 aromatic rings. The summed E-state index contributed by atoms with van der Waals surface area (Å²) in [7, 11) is 1.61. The zero-order valence-electron chi connectivity index (χ0n) is 9.90. The van der Waals surface area contributed by atoms with Crippen LogP contribution in [0.25, 0.3) is 0 Å². The predicted molar refractivity (Wildman–Crippen MR) is 61.6 cm³/mol. The number of carbonyl (C=O) groups excluding carboxylic acids is 1. The molecule has 0 saturated heterocycles. The lowest BCUT2D eigenvalue weighted by Crippen LogP contribution is -2.27. The zero-order valence-corrected chi connectivity index (χ0v) is 9.90. The molecular weight excluding hydrogens is 224 g/mol. The standard InChI is InChI=1S/C11H18N2O4/c1-15-6-7-16-5-4-13-11(14)10-3-2-9(8-12)17-10/h2-3H,4-8,12H2,1H3,(H,13,14). The molecule has 6 heteroatoms. The quantitative estimate of drug-likeness (QED) is 0.633. The summed E-state index contributed by atoms with van der Waals surface area (Å²) in [5.41, 5.74) is 5.37. The fourth-order valence-electron chi connectivity index (χ4n) is 1.18. The van der Waals surface area contributed by atoms with Gasteiger partial charge in [-0.1, -0.05) is 0 Å². The lowest BCUT2D eigenvalue weighted by atomic mass is 10.4. The molecule has 6 nitrogen and oxygen atoms in total. The first-order valence-electron chi connectivity index (χ1n) is 5.41. The molecule has 0 aliphatic rings. The minimum absolute atomic E-state index is 0.264. The van der Waals surface area contributed by atoms with Crippen molar-refractivity contribution in [1.29, 1.82) is 0 Å². The molecule has 1 aromatic heterocycles. The fraction of sp³-hybridized carbons (Fsp3) is 0.545. The first-order chi connectivity index (χ1) is 8.27. The number of carbonyl (C=O) groups is 1. The van der Waals surface area contributed by atoms with E-state index in [2.05, 4.69) is 5.32 Å². The van der Waals surface area contributed by atoms with Gasteiger partial charge in [0, 0.05) is 13.7 Å². The maximum absolute atomic E-state index is 11.5. The van der Waals surface area contributed by atoms with E-state index in [0.717, 1.165) is 0 Å². The van der Waals surface area contributed by atoms with E-state index in [4.69, 9.17) is 19.6 Å². The van der Waals surface area contributed by atoms with Crippen LogP contribution in [0.4, 0.5) is 0 Å². The van der Waals surface area contributed by atoms with E-state index < -0.39 is 0 Å². The van der Waals surface area contributed by atoms with Crippen LogP contribution in [-0.2, 0) is 16.0 Å². The second-order valence-electron chi connectivity index (χ2n) is 3.33. The van der Waals surface area contributed by atoms with Gasteiger partial charge in [0.2, 0.25) is 0 Å². The molecule has 0 aromatic carbocycles. The second kappa shape index (κ2) is 7.83. The zero-order chi connectivity index (χ0) is 12.5. The number of nitrogens with two attached hydrogens (primary N) is 1. The third kappa shape index (κ3) is 4.99. The van der Waals surface area contributed by atoms with E-state index in [1.54, 1.807) is 19.2 Å². The van der Waals surface area contributed by atoms with Crippen LogP contribution in [-0.4, -0.2) is 39.4 Å². The normalized spacial score (nSPS) is 10.5. The molecule has 0 atom stereocenters. The summed E-state index contributed by atoms with van der Waals surface area (Å²) in [5.74, 6) is 0.592. The summed E-state index contributed by atoms with van der Waals surface area (Å²) >= 11 is 0. The highest BCUT2D eigenvalue weighted by molar-refractivity contribution is 5.91.